The van der Waals surface area contributed by atoms with Crippen LogP contribution in [0.5, 0.6) is 0 Å². The van der Waals surface area contributed by atoms with Gasteiger partial charge in [-0.1, -0.05) is 18.2 Å². The quantitative estimate of drug-likeness (QED) is 0.447. The molecular weight excluding hydrogens is 316 g/mol. The molecule has 120 valence electrons. The van der Waals surface area contributed by atoms with Crippen molar-refractivity contribution in [2.75, 3.05) is 0 Å². The summed E-state index contributed by atoms with van der Waals surface area (Å²) in [6.45, 7) is 0. The van der Waals surface area contributed by atoms with E-state index in [4.69, 9.17) is 0 Å². The average Bonchev–Trinajstić information content (AvgIpc) is 2.60. The van der Waals surface area contributed by atoms with Gasteiger partial charge in [-0.15, -0.1) is 0 Å². The van der Waals surface area contributed by atoms with Gasteiger partial charge < -0.3 is 0 Å². The molecule has 24 heavy (non-hydrogen) atoms. The van der Waals surface area contributed by atoms with E-state index in [1.54, 1.807) is 24.3 Å². The maximum atomic E-state index is 12.2. The minimum atomic E-state index is -0.728. The van der Waals surface area contributed by atoms with Crippen LogP contribution >= 0.6 is 0 Å². The molecular formula is C14H10N6O4. The molecule has 10 heteroatoms. The number of hydrogen-bond donors (Lipinski definition) is 4. The fourth-order valence-electron chi connectivity index (χ4n) is 2.00. The van der Waals surface area contributed by atoms with Crippen LogP contribution in [-0.4, -0.2) is 32.2 Å². The molecule has 10 nitrogen and oxygen atoms in total. The van der Waals surface area contributed by atoms with E-state index in [1.165, 1.54) is 6.07 Å². The normalized spacial score (nSPS) is 10.3. The number of benzene rings is 1. The van der Waals surface area contributed by atoms with Gasteiger partial charge in [0, 0.05) is 11.5 Å². The molecule has 0 aliphatic heterocycles. The second-order valence-corrected chi connectivity index (χ2v) is 4.66. The molecule has 1 aromatic carbocycles. The van der Waals surface area contributed by atoms with Crippen molar-refractivity contribution in [3.63, 3.8) is 0 Å². The largest absolute Gasteiger partial charge is 0.290 e. The zero-order valence-electron chi connectivity index (χ0n) is 12.0. The Hall–Kier alpha value is -3.82. The lowest BCUT2D eigenvalue weighted by Gasteiger charge is -2.07. The predicted molar refractivity (Wildman–Crippen MR) is 82.2 cm³/mol. The summed E-state index contributed by atoms with van der Waals surface area (Å²) in [5, 5.41) is 12.2. The molecule has 0 saturated carbocycles. The third kappa shape index (κ3) is 2.88. The molecule has 0 aliphatic carbocycles. The van der Waals surface area contributed by atoms with E-state index in [-0.39, 0.29) is 11.4 Å². The fourth-order valence-corrected chi connectivity index (χ4v) is 2.00. The molecule has 0 saturated heterocycles. The summed E-state index contributed by atoms with van der Waals surface area (Å²) in [6, 6.07) is 8.76. The van der Waals surface area contributed by atoms with Gasteiger partial charge in [-0.25, -0.2) is 10.2 Å². The van der Waals surface area contributed by atoms with Gasteiger partial charge >= 0.3 is 0 Å². The smallest absolute Gasteiger partial charge is 0.268 e. The number of rotatable bonds is 2. The van der Waals surface area contributed by atoms with Crippen molar-refractivity contribution >= 4 is 22.6 Å². The Kier molecular flexibility index (Phi) is 3.85. The number of aromatic nitrogens is 4. The van der Waals surface area contributed by atoms with Crippen molar-refractivity contribution in [2.45, 2.75) is 0 Å². The summed E-state index contributed by atoms with van der Waals surface area (Å²) < 4.78 is 0. The van der Waals surface area contributed by atoms with E-state index in [1.807, 2.05) is 0 Å². The average molecular weight is 326 g/mol. The van der Waals surface area contributed by atoms with Gasteiger partial charge in [0.05, 0.1) is 5.39 Å². The van der Waals surface area contributed by atoms with Gasteiger partial charge in [-0.3, -0.25) is 30.0 Å². The molecule has 0 atom stereocenters. The topological polar surface area (TPSA) is 150 Å². The van der Waals surface area contributed by atoms with Crippen LogP contribution in [0.25, 0.3) is 10.8 Å². The number of aromatic amines is 2. The van der Waals surface area contributed by atoms with Gasteiger partial charge in [-0.05, 0) is 12.1 Å². The third-order valence-electron chi connectivity index (χ3n) is 3.11. The first-order valence-electron chi connectivity index (χ1n) is 6.70. The number of hydrogen-bond acceptors (Lipinski definition) is 6. The van der Waals surface area contributed by atoms with Crippen LogP contribution < -0.4 is 22.0 Å². The third-order valence-corrected chi connectivity index (χ3v) is 3.11. The fraction of sp³-hybridized carbons (Fsp3) is 0. The summed E-state index contributed by atoms with van der Waals surface area (Å²) >= 11 is 0. The first kappa shape index (κ1) is 15.1. The van der Waals surface area contributed by atoms with Crippen molar-refractivity contribution in [2.24, 2.45) is 0 Å². The molecule has 2 aromatic heterocycles. The van der Waals surface area contributed by atoms with Crippen molar-refractivity contribution in [1.82, 2.24) is 31.2 Å². The van der Waals surface area contributed by atoms with Gasteiger partial charge in [0.2, 0.25) is 0 Å². The maximum Gasteiger partial charge on any atom is 0.290 e. The molecule has 0 fully saturated rings. The number of amides is 2. The Morgan fingerprint density at radius 1 is 0.833 bits per heavy atom. The number of nitrogens with one attached hydrogen (secondary N) is 4. The van der Waals surface area contributed by atoms with Crippen molar-refractivity contribution in [3.05, 3.63) is 68.5 Å². The van der Waals surface area contributed by atoms with E-state index < -0.39 is 22.9 Å². The van der Waals surface area contributed by atoms with Crippen LogP contribution in [0.4, 0.5) is 0 Å². The number of fused-ring (bicyclic) bond motifs is 1. The summed E-state index contributed by atoms with van der Waals surface area (Å²) in [7, 11) is 0. The van der Waals surface area contributed by atoms with Gasteiger partial charge in [0.1, 0.15) is 0 Å². The van der Waals surface area contributed by atoms with Crippen LogP contribution in [0.1, 0.15) is 21.0 Å². The zero-order chi connectivity index (χ0) is 17.1. The summed E-state index contributed by atoms with van der Waals surface area (Å²) in [5.74, 6) is -1.45. The van der Waals surface area contributed by atoms with Crippen LogP contribution in [0.3, 0.4) is 0 Å². The Labute approximate surface area is 132 Å². The van der Waals surface area contributed by atoms with E-state index in [0.29, 0.717) is 10.8 Å². The second-order valence-electron chi connectivity index (χ2n) is 4.66. The summed E-state index contributed by atoms with van der Waals surface area (Å²) in [6.07, 6.45) is 0. The van der Waals surface area contributed by atoms with E-state index in [9.17, 15) is 19.2 Å². The predicted octanol–water partition coefficient (Wildman–Crippen LogP) is -0.919. The highest BCUT2D eigenvalue weighted by atomic mass is 16.2. The maximum absolute atomic E-state index is 12.2. The van der Waals surface area contributed by atoms with Gasteiger partial charge in [0.25, 0.3) is 22.9 Å². The number of carbonyl (C=O) groups excluding carboxylic acids is 2. The second kappa shape index (κ2) is 6.12. The Morgan fingerprint density at radius 3 is 2.25 bits per heavy atom. The SMILES string of the molecule is O=C(NNC(=O)c1n[nH]c(=O)c2ccccc12)c1ccc(=O)[nH]n1. The molecule has 0 radical (unpaired) electrons. The van der Waals surface area contributed by atoms with Crippen LogP contribution in [0.2, 0.25) is 0 Å². The first-order valence-corrected chi connectivity index (χ1v) is 6.70. The molecule has 4 N–H and O–H groups in total. The Balaban J connectivity index is 1.80. The molecule has 0 spiro atoms. The highest BCUT2D eigenvalue weighted by Crippen LogP contribution is 2.11. The highest BCUT2D eigenvalue weighted by molar-refractivity contribution is 6.05. The molecule has 0 bridgehead atoms. The van der Waals surface area contributed by atoms with Crippen molar-refractivity contribution in [3.8, 4) is 0 Å². The molecule has 0 unspecified atom stereocenters. The number of nitrogens with zero attached hydrogens (tertiary/aromatic N) is 2. The highest BCUT2D eigenvalue weighted by Gasteiger charge is 2.15. The lowest BCUT2D eigenvalue weighted by molar-refractivity contribution is 0.0841. The van der Waals surface area contributed by atoms with E-state index in [2.05, 4.69) is 31.2 Å². The molecule has 3 rings (SSSR count). The van der Waals surface area contributed by atoms with Gasteiger partial charge in [-0.2, -0.15) is 10.2 Å². The van der Waals surface area contributed by atoms with E-state index in [0.717, 1.165) is 6.07 Å². The number of H-pyrrole nitrogens is 2. The standard InChI is InChI=1S/C14H10N6O4/c21-10-6-5-9(15-16-10)13(23)19-20-14(24)11-7-3-1-2-4-8(7)12(22)18-17-11/h1-6H,(H,16,21)(H,18,22)(H,19,23)(H,20,24). The first-order chi connectivity index (χ1) is 11.6. The lowest BCUT2D eigenvalue weighted by atomic mass is 10.1. The zero-order valence-corrected chi connectivity index (χ0v) is 12.0. The Morgan fingerprint density at radius 2 is 1.54 bits per heavy atom. The molecule has 2 heterocycles. The van der Waals surface area contributed by atoms with Crippen molar-refractivity contribution < 1.29 is 9.59 Å². The number of hydrazine groups is 1. The Bertz CT molecular complexity index is 1030. The monoisotopic (exact) mass is 326 g/mol. The number of carbonyl (C=O) groups is 2. The molecule has 3 aromatic rings. The van der Waals surface area contributed by atoms with Crippen molar-refractivity contribution in [1.29, 1.82) is 0 Å². The lowest BCUT2D eigenvalue weighted by Crippen LogP contribution is -2.42. The van der Waals surface area contributed by atoms with Crippen LogP contribution in [-0.2, 0) is 0 Å². The van der Waals surface area contributed by atoms with Crippen LogP contribution in [0, 0.1) is 0 Å². The summed E-state index contributed by atoms with van der Waals surface area (Å²) in [4.78, 5) is 46.6. The molecule has 2 amide bonds. The minimum Gasteiger partial charge on any atom is -0.268 e. The van der Waals surface area contributed by atoms with Crippen LogP contribution in [0.15, 0.2) is 46.0 Å². The van der Waals surface area contributed by atoms with Gasteiger partial charge in [0.15, 0.2) is 11.4 Å². The molecule has 0 aliphatic rings. The van der Waals surface area contributed by atoms with E-state index >= 15 is 0 Å². The minimum absolute atomic E-state index is 0.0556. The summed E-state index contributed by atoms with van der Waals surface area (Å²) in [5.41, 5.74) is 3.28.